The summed E-state index contributed by atoms with van der Waals surface area (Å²) in [6, 6.07) is -2.46. The molecular weight excluding hydrogens is 290 g/mol. The second-order valence-corrected chi connectivity index (χ2v) is 5.95. The summed E-state index contributed by atoms with van der Waals surface area (Å²) in [6.07, 6.45) is 1.53. The lowest BCUT2D eigenvalue weighted by Crippen LogP contribution is -2.47. The third-order valence-electron chi connectivity index (χ3n) is 3.29. The van der Waals surface area contributed by atoms with Crippen molar-refractivity contribution in [2.45, 2.75) is 25.9 Å². The maximum Gasteiger partial charge on any atom is 0.418 e. The van der Waals surface area contributed by atoms with E-state index in [1.54, 1.807) is 0 Å². The number of urea groups is 1. The van der Waals surface area contributed by atoms with Gasteiger partial charge in [0.15, 0.2) is 0 Å². The van der Waals surface area contributed by atoms with Crippen molar-refractivity contribution in [2.24, 2.45) is 11.7 Å². The maximum absolute atomic E-state index is 12.1. The molecular formula is C10H15N3O6S. The van der Waals surface area contributed by atoms with Crippen molar-refractivity contribution in [1.82, 2.24) is 9.96 Å². The van der Waals surface area contributed by atoms with E-state index in [1.165, 1.54) is 6.08 Å². The molecule has 0 aromatic heterocycles. The van der Waals surface area contributed by atoms with Crippen molar-refractivity contribution < 1.29 is 26.8 Å². The number of carbonyl (C=O) groups excluding carboxylic acids is 2. The molecule has 0 aromatic carbocycles. The Balaban J connectivity index is 2.41. The van der Waals surface area contributed by atoms with Crippen LogP contribution >= 0.6 is 0 Å². The Morgan fingerprint density at radius 1 is 1.55 bits per heavy atom. The lowest BCUT2D eigenvalue weighted by Gasteiger charge is -2.29. The second-order valence-electron chi connectivity index (χ2n) is 4.95. The Labute approximate surface area is 115 Å². The summed E-state index contributed by atoms with van der Waals surface area (Å²) < 4.78 is 34.7. The number of hydroxylamine groups is 2. The Kier molecular flexibility index (Phi) is 3.48. The summed E-state index contributed by atoms with van der Waals surface area (Å²) in [5.74, 6) is -0.772. The fourth-order valence-corrected chi connectivity index (χ4v) is 2.82. The van der Waals surface area contributed by atoms with Crippen LogP contribution in [0.25, 0.3) is 0 Å². The van der Waals surface area contributed by atoms with Crippen LogP contribution in [0.5, 0.6) is 0 Å². The van der Waals surface area contributed by atoms with E-state index in [2.05, 4.69) is 4.28 Å². The molecule has 3 N–H and O–H groups in total. The molecule has 2 aliphatic heterocycles. The Morgan fingerprint density at radius 2 is 2.15 bits per heavy atom. The third-order valence-corrected chi connectivity index (χ3v) is 3.64. The number of rotatable bonds is 4. The summed E-state index contributed by atoms with van der Waals surface area (Å²) in [6.45, 7) is 3.73. The summed E-state index contributed by atoms with van der Waals surface area (Å²) in [5, 5.41) is 0.560. The predicted octanol–water partition coefficient (Wildman–Crippen LogP) is -0.723. The largest absolute Gasteiger partial charge is 0.418 e. The van der Waals surface area contributed by atoms with Gasteiger partial charge in [0.1, 0.15) is 12.1 Å². The fraction of sp³-hybridized carbons (Fsp3) is 0.600. The lowest BCUT2D eigenvalue weighted by atomic mass is 9.91. The van der Waals surface area contributed by atoms with Crippen LogP contribution in [0.2, 0.25) is 0 Å². The van der Waals surface area contributed by atoms with Crippen molar-refractivity contribution in [3.05, 3.63) is 11.6 Å². The molecule has 1 fully saturated rings. The SMILES string of the molecule is CC(C)C1=C[C@@H](C(N)=O)N2C[C@@H]1N(OS(=O)(=O)O)C2=O. The maximum atomic E-state index is 12.1. The quantitative estimate of drug-likeness (QED) is 0.520. The van der Waals surface area contributed by atoms with Gasteiger partial charge in [0.25, 0.3) is 0 Å². The minimum atomic E-state index is -4.83. The van der Waals surface area contributed by atoms with E-state index in [0.29, 0.717) is 10.6 Å². The normalized spacial score (nSPS) is 26.2. The van der Waals surface area contributed by atoms with Crippen molar-refractivity contribution >= 4 is 22.3 Å². The van der Waals surface area contributed by atoms with Crippen molar-refractivity contribution in [3.8, 4) is 0 Å². The van der Waals surface area contributed by atoms with Gasteiger partial charge in [-0.1, -0.05) is 19.9 Å². The topological polar surface area (TPSA) is 130 Å². The van der Waals surface area contributed by atoms with Crippen LogP contribution in [0.1, 0.15) is 13.8 Å². The third kappa shape index (κ3) is 2.49. The smallest absolute Gasteiger partial charge is 0.368 e. The van der Waals surface area contributed by atoms with Crippen molar-refractivity contribution in [1.29, 1.82) is 0 Å². The van der Waals surface area contributed by atoms with E-state index in [9.17, 15) is 18.0 Å². The van der Waals surface area contributed by atoms with Gasteiger partial charge in [0.2, 0.25) is 5.91 Å². The van der Waals surface area contributed by atoms with Crippen LogP contribution in [0.3, 0.4) is 0 Å². The summed E-state index contributed by atoms with van der Waals surface area (Å²) in [4.78, 5) is 24.6. The van der Waals surface area contributed by atoms with Gasteiger partial charge in [-0.05, 0) is 11.5 Å². The van der Waals surface area contributed by atoms with Gasteiger partial charge in [-0.2, -0.15) is 13.5 Å². The van der Waals surface area contributed by atoms with Crippen LogP contribution in [0.4, 0.5) is 4.79 Å². The number of nitrogens with zero attached hydrogens (tertiary/aromatic N) is 2. The number of nitrogens with two attached hydrogens (primary N) is 1. The fourth-order valence-electron chi connectivity index (χ4n) is 2.45. The number of amides is 3. The molecule has 112 valence electrons. The molecule has 0 radical (unpaired) electrons. The van der Waals surface area contributed by atoms with Gasteiger partial charge in [-0.25, -0.2) is 4.79 Å². The first kappa shape index (κ1) is 14.8. The summed E-state index contributed by atoms with van der Waals surface area (Å²) in [7, 11) is -4.83. The first-order valence-corrected chi connectivity index (χ1v) is 7.26. The van der Waals surface area contributed by atoms with E-state index in [1.807, 2.05) is 13.8 Å². The Hall–Kier alpha value is -1.65. The van der Waals surface area contributed by atoms with Gasteiger partial charge in [0.05, 0.1) is 6.54 Å². The standard InChI is InChI=1S/C10H15N3O6S/c1-5(2)6-3-7(9(11)14)12-4-8(6)13(10(12)15)19-20(16,17)18/h3,5,7-8H,4H2,1-2H3,(H2,11,14)(H,16,17,18)/t7-,8-/m0/s1. The van der Waals surface area contributed by atoms with Crippen LogP contribution in [0.15, 0.2) is 11.6 Å². The summed E-state index contributed by atoms with van der Waals surface area (Å²) in [5.41, 5.74) is 5.90. The molecule has 2 rings (SSSR count). The number of fused-ring (bicyclic) bond motifs is 2. The molecule has 3 amide bonds. The number of hydrogen-bond donors (Lipinski definition) is 2. The van der Waals surface area contributed by atoms with Gasteiger partial charge < -0.3 is 10.6 Å². The predicted molar refractivity (Wildman–Crippen MR) is 66.3 cm³/mol. The summed E-state index contributed by atoms with van der Waals surface area (Å²) >= 11 is 0. The molecule has 2 aliphatic rings. The zero-order chi connectivity index (χ0) is 15.2. The highest BCUT2D eigenvalue weighted by Crippen LogP contribution is 2.34. The number of hydrogen-bond acceptors (Lipinski definition) is 5. The monoisotopic (exact) mass is 305 g/mol. The van der Waals surface area contributed by atoms with E-state index >= 15 is 0 Å². The lowest BCUT2D eigenvalue weighted by molar-refractivity contribution is -0.120. The van der Waals surface area contributed by atoms with Gasteiger partial charge in [0, 0.05) is 0 Å². The van der Waals surface area contributed by atoms with Crippen LogP contribution in [-0.4, -0.2) is 53.5 Å². The van der Waals surface area contributed by atoms with E-state index in [0.717, 1.165) is 4.90 Å². The molecule has 0 unspecified atom stereocenters. The molecule has 0 spiro atoms. The van der Waals surface area contributed by atoms with E-state index in [-0.39, 0.29) is 12.5 Å². The van der Waals surface area contributed by atoms with Crippen molar-refractivity contribution in [3.63, 3.8) is 0 Å². The molecule has 9 nitrogen and oxygen atoms in total. The highest BCUT2D eigenvalue weighted by molar-refractivity contribution is 7.80. The molecule has 0 saturated carbocycles. The van der Waals surface area contributed by atoms with Gasteiger partial charge >= 0.3 is 16.4 Å². The van der Waals surface area contributed by atoms with Crippen LogP contribution in [0, 0.1) is 5.92 Å². The van der Waals surface area contributed by atoms with Gasteiger partial charge in [-0.3, -0.25) is 9.35 Å². The number of primary amides is 1. The molecule has 20 heavy (non-hydrogen) atoms. The van der Waals surface area contributed by atoms with E-state index < -0.39 is 34.4 Å². The molecule has 0 aliphatic carbocycles. The van der Waals surface area contributed by atoms with Crippen LogP contribution < -0.4 is 5.73 Å². The second kappa shape index (κ2) is 4.72. The zero-order valence-corrected chi connectivity index (χ0v) is 11.7. The molecule has 2 heterocycles. The molecule has 10 heteroatoms. The minimum Gasteiger partial charge on any atom is -0.368 e. The first-order chi connectivity index (χ1) is 9.11. The van der Waals surface area contributed by atoms with Crippen molar-refractivity contribution in [2.75, 3.05) is 6.54 Å². The highest BCUT2D eigenvalue weighted by atomic mass is 32.3. The molecule has 2 bridgehead atoms. The molecule has 0 aromatic rings. The minimum absolute atomic E-state index is 0.0533. The zero-order valence-electron chi connectivity index (χ0n) is 10.9. The average Bonchev–Trinajstić information content (AvgIpc) is 2.53. The molecule has 2 atom stereocenters. The first-order valence-electron chi connectivity index (χ1n) is 5.89. The van der Waals surface area contributed by atoms with Gasteiger partial charge in [-0.15, -0.1) is 4.28 Å². The average molecular weight is 305 g/mol. The molecule has 1 saturated heterocycles. The highest BCUT2D eigenvalue weighted by Gasteiger charge is 2.49. The Morgan fingerprint density at radius 3 is 2.60 bits per heavy atom. The number of carbonyl (C=O) groups is 2. The van der Waals surface area contributed by atoms with Crippen LogP contribution in [-0.2, 0) is 19.5 Å². The Bertz CT molecular complexity index is 584. The van der Waals surface area contributed by atoms with E-state index in [4.69, 9.17) is 10.3 Å².